The van der Waals surface area contributed by atoms with Gasteiger partial charge in [0.05, 0.1) is 6.61 Å². The fourth-order valence-corrected chi connectivity index (χ4v) is 1.41. The van der Waals surface area contributed by atoms with Crippen LogP contribution in [0, 0.1) is 0 Å². The van der Waals surface area contributed by atoms with Gasteiger partial charge < -0.3 is 24.8 Å². The first-order chi connectivity index (χ1) is 6.70. The van der Waals surface area contributed by atoms with Crippen LogP contribution in [0.5, 0.6) is 0 Å². The molecular weight excluding hydrogens is 188 g/mol. The van der Waals surface area contributed by atoms with Gasteiger partial charge in [0.25, 0.3) is 0 Å². The summed E-state index contributed by atoms with van der Waals surface area (Å²) in [7, 11) is 0. The van der Waals surface area contributed by atoms with Crippen molar-refractivity contribution in [2.24, 2.45) is 0 Å². The second kappa shape index (κ2) is 5.63. The van der Waals surface area contributed by atoms with Gasteiger partial charge in [-0.25, -0.2) is 0 Å². The molecule has 0 aromatic heterocycles. The molecule has 0 aromatic carbocycles. The van der Waals surface area contributed by atoms with Crippen LogP contribution in [0.25, 0.3) is 0 Å². The highest BCUT2D eigenvalue weighted by molar-refractivity contribution is 4.86. The van der Waals surface area contributed by atoms with Gasteiger partial charge in [-0.2, -0.15) is 0 Å². The molecule has 0 spiro atoms. The zero-order valence-corrected chi connectivity index (χ0v) is 8.30. The zero-order chi connectivity index (χ0) is 10.6. The highest BCUT2D eigenvalue weighted by Gasteiger charge is 2.43. The van der Waals surface area contributed by atoms with Crippen LogP contribution < -0.4 is 0 Å². The first-order valence-corrected chi connectivity index (χ1v) is 4.94. The number of rotatable bonds is 5. The third kappa shape index (κ3) is 2.65. The molecule has 0 saturated carbocycles. The molecule has 1 heterocycles. The lowest BCUT2D eigenvalue weighted by Gasteiger charge is -2.17. The van der Waals surface area contributed by atoms with Crippen molar-refractivity contribution in [3.63, 3.8) is 0 Å². The van der Waals surface area contributed by atoms with Gasteiger partial charge in [-0.3, -0.25) is 0 Å². The summed E-state index contributed by atoms with van der Waals surface area (Å²) in [4.78, 5) is 0. The zero-order valence-electron chi connectivity index (χ0n) is 8.30. The first-order valence-electron chi connectivity index (χ1n) is 4.94. The fourth-order valence-electron chi connectivity index (χ4n) is 1.41. The predicted octanol–water partition coefficient (Wildman–Crippen LogP) is -0.758. The molecule has 3 N–H and O–H groups in total. The summed E-state index contributed by atoms with van der Waals surface area (Å²) >= 11 is 0. The molecule has 0 amide bonds. The van der Waals surface area contributed by atoms with Crippen LogP contribution in [0.2, 0.25) is 0 Å². The minimum atomic E-state index is -1.14. The number of hydrogen-bond donors (Lipinski definition) is 3. The summed E-state index contributed by atoms with van der Waals surface area (Å²) in [5.41, 5.74) is 0. The van der Waals surface area contributed by atoms with Crippen LogP contribution in [-0.2, 0) is 9.47 Å². The largest absolute Gasteiger partial charge is 0.394 e. The van der Waals surface area contributed by atoms with Crippen molar-refractivity contribution in [2.75, 3.05) is 13.2 Å². The lowest BCUT2D eigenvalue weighted by molar-refractivity contribution is -0.147. The van der Waals surface area contributed by atoms with Crippen LogP contribution in [0.1, 0.15) is 19.8 Å². The molecule has 0 unspecified atom stereocenters. The molecule has 1 aliphatic heterocycles. The average Bonchev–Trinajstić information content (AvgIpc) is 2.45. The summed E-state index contributed by atoms with van der Waals surface area (Å²) in [6, 6.07) is 0. The Bertz CT molecular complexity index is 163. The van der Waals surface area contributed by atoms with Crippen LogP contribution in [-0.4, -0.2) is 53.1 Å². The quantitative estimate of drug-likeness (QED) is 0.515. The molecule has 0 radical (unpaired) electrons. The second-order valence-corrected chi connectivity index (χ2v) is 3.43. The maximum Gasteiger partial charge on any atom is 0.184 e. The molecule has 4 atom stereocenters. The minimum absolute atomic E-state index is 0.314. The molecule has 0 aliphatic carbocycles. The lowest BCUT2D eigenvalue weighted by atomic mass is 10.1. The molecule has 1 rings (SSSR count). The van der Waals surface area contributed by atoms with E-state index in [0.29, 0.717) is 6.61 Å². The average molecular weight is 206 g/mol. The third-order valence-electron chi connectivity index (χ3n) is 2.30. The van der Waals surface area contributed by atoms with Gasteiger partial charge in [0.15, 0.2) is 6.29 Å². The Morgan fingerprint density at radius 2 is 2.07 bits per heavy atom. The summed E-state index contributed by atoms with van der Waals surface area (Å²) in [6.45, 7) is 2.19. The van der Waals surface area contributed by atoms with E-state index in [-0.39, 0.29) is 6.61 Å². The number of aliphatic hydroxyl groups is 3. The molecule has 1 fully saturated rings. The van der Waals surface area contributed by atoms with Crippen LogP contribution in [0.4, 0.5) is 0 Å². The van der Waals surface area contributed by atoms with E-state index in [1.807, 2.05) is 6.92 Å². The predicted molar refractivity (Wildman–Crippen MR) is 48.6 cm³/mol. The molecule has 14 heavy (non-hydrogen) atoms. The monoisotopic (exact) mass is 206 g/mol. The molecule has 84 valence electrons. The number of hydrogen-bond acceptors (Lipinski definition) is 5. The van der Waals surface area contributed by atoms with E-state index in [0.717, 1.165) is 12.8 Å². The molecule has 0 bridgehead atoms. The maximum atomic E-state index is 9.55. The van der Waals surface area contributed by atoms with E-state index in [2.05, 4.69) is 0 Å². The van der Waals surface area contributed by atoms with Gasteiger partial charge in [-0.15, -0.1) is 0 Å². The molecule has 1 aliphatic rings. The number of aliphatic hydroxyl groups excluding tert-OH is 3. The van der Waals surface area contributed by atoms with Crippen molar-refractivity contribution in [3.05, 3.63) is 0 Å². The Kier molecular flexibility index (Phi) is 4.77. The van der Waals surface area contributed by atoms with Crippen molar-refractivity contribution in [1.29, 1.82) is 0 Å². The highest BCUT2D eigenvalue weighted by Crippen LogP contribution is 2.22. The Labute approximate surface area is 83.3 Å². The van der Waals surface area contributed by atoms with E-state index < -0.39 is 24.6 Å². The summed E-state index contributed by atoms with van der Waals surface area (Å²) in [5, 5.41) is 27.7. The maximum absolute atomic E-state index is 9.55. The Balaban J connectivity index is 2.36. The Morgan fingerprint density at radius 1 is 1.36 bits per heavy atom. The number of ether oxygens (including phenoxy) is 2. The Morgan fingerprint density at radius 3 is 2.57 bits per heavy atom. The third-order valence-corrected chi connectivity index (χ3v) is 2.30. The topological polar surface area (TPSA) is 79.2 Å². The van der Waals surface area contributed by atoms with Gasteiger partial charge >= 0.3 is 0 Å². The molecule has 5 heteroatoms. The second-order valence-electron chi connectivity index (χ2n) is 3.43. The van der Waals surface area contributed by atoms with Gasteiger partial charge in [-0.05, 0) is 6.42 Å². The summed E-state index contributed by atoms with van der Waals surface area (Å²) in [6.07, 6.45) is -1.70. The fraction of sp³-hybridized carbons (Fsp3) is 1.00. The van der Waals surface area contributed by atoms with Gasteiger partial charge in [0, 0.05) is 6.61 Å². The van der Waals surface area contributed by atoms with Crippen LogP contribution in [0.15, 0.2) is 0 Å². The Hall–Kier alpha value is -0.200. The van der Waals surface area contributed by atoms with E-state index in [1.165, 1.54) is 0 Å². The van der Waals surface area contributed by atoms with Gasteiger partial charge in [-0.1, -0.05) is 13.3 Å². The van der Waals surface area contributed by atoms with Crippen molar-refractivity contribution in [1.82, 2.24) is 0 Å². The summed E-state index contributed by atoms with van der Waals surface area (Å²) in [5.74, 6) is 0. The van der Waals surface area contributed by atoms with Crippen molar-refractivity contribution in [3.8, 4) is 0 Å². The smallest absolute Gasteiger partial charge is 0.184 e. The molecule has 1 saturated heterocycles. The van der Waals surface area contributed by atoms with Crippen molar-refractivity contribution in [2.45, 2.75) is 44.4 Å². The summed E-state index contributed by atoms with van der Waals surface area (Å²) < 4.78 is 10.2. The van der Waals surface area contributed by atoms with E-state index in [9.17, 15) is 10.2 Å². The van der Waals surface area contributed by atoms with Crippen molar-refractivity contribution < 1.29 is 24.8 Å². The molecule has 0 aromatic rings. The molecular formula is C9H18O5. The SMILES string of the molecule is CCCCO[C@@H]1[C@@H](O)[C@H](CO)O[C@H]1O. The standard InChI is InChI=1S/C9H18O5/c1-2-3-4-13-8-7(11)6(5-10)14-9(8)12/h6-12H,2-5H2,1H3/t6-,7-,8+,9+/m0/s1. The van der Waals surface area contributed by atoms with Gasteiger partial charge in [0.1, 0.15) is 18.3 Å². The van der Waals surface area contributed by atoms with E-state index in [1.54, 1.807) is 0 Å². The minimum Gasteiger partial charge on any atom is -0.394 e. The highest BCUT2D eigenvalue weighted by atomic mass is 16.7. The van der Waals surface area contributed by atoms with Crippen LogP contribution in [0.3, 0.4) is 0 Å². The number of unbranched alkanes of at least 4 members (excludes halogenated alkanes) is 1. The van der Waals surface area contributed by atoms with Gasteiger partial charge in [0.2, 0.25) is 0 Å². The first kappa shape index (κ1) is 11.9. The van der Waals surface area contributed by atoms with E-state index in [4.69, 9.17) is 14.6 Å². The van der Waals surface area contributed by atoms with Crippen LogP contribution >= 0.6 is 0 Å². The van der Waals surface area contributed by atoms with Crippen molar-refractivity contribution >= 4 is 0 Å². The lowest BCUT2D eigenvalue weighted by Crippen LogP contribution is -2.36. The molecule has 5 nitrogen and oxygen atoms in total. The van der Waals surface area contributed by atoms with E-state index >= 15 is 0 Å². The normalized spacial score (nSPS) is 37.7.